The van der Waals surface area contributed by atoms with Crippen LogP contribution in [0.15, 0.2) is 18.2 Å². The van der Waals surface area contributed by atoms with E-state index in [1.54, 1.807) is 34.6 Å². The molecule has 9 nitrogen and oxygen atoms in total. The smallest absolute Gasteiger partial charge is 0.348 e. The molecule has 0 radical (unpaired) electrons. The van der Waals surface area contributed by atoms with Crippen LogP contribution in [0.2, 0.25) is 5.02 Å². The molecule has 1 aromatic heterocycles. The van der Waals surface area contributed by atoms with Gasteiger partial charge in [-0.25, -0.2) is 9.59 Å². The van der Waals surface area contributed by atoms with Crippen molar-refractivity contribution in [3.63, 3.8) is 0 Å². The molecule has 0 spiro atoms. The fourth-order valence-electron chi connectivity index (χ4n) is 2.55. The summed E-state index contributed by atoms with van der Waals surface area (Å²) in [6.07, 6.45) is -0.803. The zero-order chi connectivity index (χ0) is 23.5. The summed E-state index contributed by atoms with van der Waals surface area (Å²) in [6.45, 7) is 8.27. The highest BCUT2D eigenvalue weighted by atomic mass is 35.5. The van der Waals surface area contributed by atoms with Crippen LogP contribution in [0.1, 0.15) is 63.6 Å². The van der Waals surface area contributed by atoms with Crippen LogP contribution in [0.3, 0.4) is 0 Å². The summed E-state index contributed by atoms with van der Waals surface area (Å²) in [5.41, 5.74) is 0.0356. The number of nitro groups is 1. The van der Waals surface area contributed by atoms with E-state index in [2.05, 4.69) is 5.32 Å². The first-order chi connectivity index (χ1) is 14.4. The highest BCUT2D eigenvalue weighted by molar-refractivity contribution is 7.18. The number of amides is 1. The predicted molar refractivity (Wildman–Crippen MR) is 116 cm³/mol. The molecule has 11 heteroatoms. The van der Waals surface area contributed by atoms with Crippen LogP contribution < -0.4 is 5.32 Å². The lowest BCUT2D eigenvalue weighted by Crippen LogP contribution is -2.17. The van der Waals surface area contributed by atoms with Crippen LogP contribution in [0.25, 0.3) is 0 Å². The van der Waals surface area contributed by atoms with E-state index in [-0.39, 0.29) is 37.8 Å². The number of nitro benzene ring substituents is 1. The van der Waals surface area contributed by atoms with E-state index < -0.39 is 28.9 Å². The number of anilines is 1. The third-order valence-corrected chi connectivity index (χ3v) is 5.36. The molecule has 1 aromatic carbocycles. The van der Waals surface area contributed by atoms with E-state index in [0.717, 1.165) is 23.5 Å². The van der Waals surface area contributed by atoms with Crippen molar-refractivity contribution in [1.29, 1.82) is 0 Å². The number of hydrogen-bond donors (Lipinski definition) is 1. The minimum Gasteiger partial charge on any atom is -0.459 e. The normalized spacial score (nSPS) is 10.8. The second-order valence-corrected chi connectivity index (χ2v) is 8.47. The number of rotatable bonds is 7. The zero-order valence-corrected chi connectivity index (χ0v) is 19.1. The molecule has 166 valence electrons. The minimum atomic E-state index is -0.711. The minimum absolute atomic E-state index is 0.0285. The van der Waals surface area contributed by atoms with Crippen LogP contribution in [0, 0.1) is 17.0 Å². The van der Waals surface area contributed by atoms with Crippen LogP contribution in [-0.2, 0) is 9.47 Å². The Hall–Kier alpha value is -2.98. The van der Waals surface area contributed by atoms with Gasteiger partial charge < -0.3 is 14.8 Å². The number of hydrogen-bond acceptors (Lipinski definition) is 8. The maximum Gasteiger partial charge on any atom is 0.348 e. The van der Waals surface area contributed by atoms with E-state index in [0.29, 0.717) is 5.56 Å². The molecular formula is C20H21ClN2O7S. The Morgan fingerprint density at radius 3 is 2.19 bits per heavy atom. The monoisotopic (exact) mass is 468 g/mol. The second kappa shape index (κ2) is 9.88. The van der Waals surface area contributed by atoms with Crippen molar-refractivity contribution in [3.8, 4) is 0 Å². The van der Waals surface area contributed by atoms with Gasteiger partial charge in [-0.1, -0.05) is 11.6 Å². The van der Waals surface area contributed by atoms with Crippen molar-refractivity contribution >= 4 is 51.5 Å². The Bertz CT molecular complexity index is 1050. The summed E-state index contributed by atoms with van der Waals surface area (Å²) >= 11 is 6.89. The van der Waals surface area contributed by atoms with Gasteiger partial charge in [-0.2, -0.15) is 0 Å². The van der Waals surface area contributed by atoms with Gasteiger partial charge in [-0.15, -0.1) is 11.3 Å². The molecular weight excluding hydrogens is 448 g/mol. The molecule has 2 aromatic rings. The summed E-state index contributed by atoms with van der Waals surface area (Å²) < 4.78 is 10.5. The number of non-ortho nitro benzene ring substituents is 1. The third kappa shape index (κ3) is 5.80. The third-order valence-electron chi connectivity index (χ3n) is 3.86. The molecule has 0 aliphatic heterocycles. The van der Waals surface area contributed by atoms with Crippen LogP contribution in [0.5, 0.6) is 0 Å². The lowest BCUT2D eigenvalue weighted by Gasteiger charge is -2.11. The Morgan fingerprint density at radius 2 is 1.68 bits per heavy atom. The number of esters is 2. The molecule has 0 unspecified atom stereocenters. The molecule has 0 fully saturated rings. The molecule has 2 rings (SSSR count). The SMILES string of the molecule is Cc1c(C(=O)OC(C)C)sc(NC(=O)c2ccc([N+](=O)[O-])cc2Cl)c1C(=O)OC(C)C. The van der Waals surface area contributed by atoms with Crippen molar-refractivity contribution in [3.05, 3.63) is 54.9 Å². The number of ether oxygens (including phenoxy) is 2. The van der Waals surface area contributed by atoms with Gasteiger partial charge in [-0.3, -0.25) is 14.9 Å². The van der Waals surface area contributed by atoms with Crippen molar-refractivity contribution in [2.75, 3.05) is 5.32 Å². The Balaban J connectivity index is 2.46. The van der Waals surface area contributed by atoms with Crippen molar-refractivity contribution in [2.45, 2.75) is 46.8 Å². The fraction of sp³-hybridized carbons (Fsp3) is 0.350. The van der Waals surface area contributed by atoms with Gasteiger partial charge in [0.05, 0.1) is 33.3 Å². The predicted octanol–water partition coefficient (Wildman–Crippen LogP) is 5.00. The number of nitrogens with zero attached hydrogens (tertiary/aromatic N) is 1. The zero-order valence-electron chi connectivity index (χ0n) is 17.5. The molecule has 0 saturated heterocycles. The van der Waals surface area contributed by atoms with Gasteiger partial charge in [0.1, 0.15) is 9.88 Å². The van der Waals surface area contributed by atoms with Crippen molar-refractivity contribution < 1.29 is 28.8 Å². The molecule has 0 saturated carbocycles. The first-order valence-corrected chi connectivity index (χ1v) is 10.4. The van der Waals surface area contributed by atoms with Crippen LogP contribution in [0.4, 0.5) is 10.7 Å². The number of benzene rings is 1. The quantitative estimate of drug-likeness (QED) is 0.344. The average molecular weight is 469 g/mol. The summed E-state index contributed by atoms with van der Waals surface area (Å²) in [7, 11) is 0. The molecule has 0 bridgehead atoms. The van der Waals surface area contributed by atoms with Crippen LogP contribution >= 0.6 is 22.9 Å². The Kier molecular flexibility index (Phi) is 7.75. The van der Waals surface area contributed by atoms with E-state index >= 15 is 0 Å². The molecule has 0 aliphatic rings. The standard InChI is InChI=1S/C20H21ClN2O7S/c1-9(2)29-19(25)15-11(5)16(20(26)30-10(3)4)31-18(15)22-17(24)13-7-6-12(23(27)28)8-14(13)21/h6-10H,1-5H3,(H,22,24). The highest BCUT2D eigenvalue weighted by Gasteiger charge is 2.29. The molecule has 0 aliphatic carbocycles. The van der Waals surface area contributed by atoms with Gasteiger partial charge in [0.2, 0.25) is 0 Å². The lowest BCUT2D eigenvalue weighted by molar-refractivity contribution is -0.384. The van der Waals surface area contributed by atoms with E-state index in [1.165, 1.54) is 6.07 Å². The summed E-state index contributed by atoms with van der Waals surface area (Å²) in [5, 5.41) is 13.4. The maximum atomic E-state index is 12.8. The largest absolute Gasteiger partial charge is 0.459 e. The number of carbonyl (C=O) groups excluding carboxylic acids is 3. The Morgan fingerprint density at radius 1 is 1.10 bits per heavy atom. The number of carbonyl (C=O) groups is 3. The summed E-state index contributed by atoms with van der Waals surface area (Å²) in [6, 6.07) is 3.39. The van der Waals surface area contributed by atoms with Gasteiger partial charge in [0.25, 0.3) is 11.6 Å². The maximum absolute atomic E-state index is 12.8. The summed E-state index contributed by atoms with van der Waals surface area (Å²) in [4.78, 5) is 48.2. The molecule has 1 heterocycles. The van der Waals surface area contributed by atoms with Gasteiger partial charge in [-0.05, 0) is 46.2 Å². The number of nitrogens with one attached hydrogen (secondary N) is 1. The first kappa shape index (κ1) is 24.3. The topological polar surface area (TPSA) is 125 Å². The molecule has 1 amide bonds. The highest BCUT2D eigenvalue weighted by Crippen LogP contribution is 2.35. The average Bonchev–Trinajstić information content (AvgIpc) is 2.96. The van der Waals surface area contributed by atoms with Gasteiger partial charge in [0.15, 0.2) is 0 Å². The van der Waals surface area contributed by atoms with Gasteiger partial charge >= 0.3 is 11.9 Å². The number of thiophene rings is 1. The first-order valence-electron chi connectivity index (χ1n) is 9.23. The second-order valence-electron chi connectivity index (χ2n) is 7.04. The van der Waals surface area contributed by atoms with Gasteiger partial charge in [0, 0.05) is 12.1 Å². The van der Waals surface area contributed by atoms with Crippen LogP contribution in [-0.4, -0.2) is 35.0 Å². The fourth-order valence-corrected chi connectivity index (χ4v) is 3.89. The molecule has 31 heavy (non-hydrogen) atoms. The molecule has 0 atom stereocenters. The van der Waals surface area contributed by atoms with E-state index in [1.807, 2.05) is 0 Å². The van der Waals surface area contributed by atoms with E-state index in [9.17, 15) is 24.5 Å². The number of halogens is 1. The summed E-state index contributed by atoms with van der Waals surface area (Å²) in [5.74, 6) is -2.05. The van der Waals surface area contributed by atoms with Crippen molar-refractivity contribution in [2.24, 2.45) is 0 Å². The molecule has 1 N–H and O–H groups in total. The lowest BCUT2D eigenvalue weighted by atomic mass is 10.1. The van der Waals surface area contributed by atoms with E-state index in [4.69, 9.17) is 21.1 Å². The Labute approximate surface area is 187 Å². The van der Waals surface area contributed by atoms with Crippen molar-refractivity contribution in [1.82, 2.24) is 0 Å².